The van der Waals surface area contributed by atoms with E-state index in [2.05, 4.69) is 30.5 Å². The van der Waals surface area contributed by atoms with Gasteiger partial charge in [0, 0.05) is 29.9 Å². The number of ether oxygens (including phenoxy) is 4. The van der Waals surface area contributed by atoms with Crippen molar-refractivity contribution in [1.29, 1.82) is 0 Å². The number of carbonyl (C=O) groups excluding carboxylic acids is 2. The van der Waals surface area contributed by atoms with Crippen LogP contribution in [0.5, 0.6) is 0 Å². The lowest BCUT2D eigenvalue weighted by Crippen LogP contribution is -2.28. The summed E-state index contributed by atoms with van der Waals surface area (Å²) < 4.78 is 21.1. The summed E-state index contributed by atoms with van der Waals surface area (Å²) >= 11 is 6.47. The van der Waals surface area contributed by atoms with Gasteiger partial charge in [-0.2, -0.15) is 0 Å². The van der Waals surface area contributed by atoms with Crippen molar-refractivity contribution < 1.29 is 28.5 Å². The molecule has 0 heterocycles. The summed E-state index contributed by atoms with van der Waals surface area (Å²) in [6.07, 6.45) is -0.0330. The smallest absolute Gasteiger partial charge is 0.411 e. The molecule has 0 aromatic heterocycles. The Bertz CT molecular complexity index is 1300. The third-order valence-electron chi connectivity index (χ3n) is 6.83. The molecule has 3 aromatic carbocycles. The zero-order chi connectivity index (χ0) is 31.2. The van der Waals surface area contributed by atoms with E-state index in [4.69, 9.17) is 30.5 Å². The van der Waals surface area contributed by atoms with Crippen molar-refractivity contribution in [3.63, 3.8) is 0 Å². The van der Waals surface area contributed by atoms with E-state index in [1.165, 1.54) is 0 Å². The summed E-state index contributed by atoms with van der Waals surface area (Å²) in [6.45, 7) is 9.72. The number of benzene rings is 3. The highest BCUT2D eigenvalue weighted by Crippen LogP contribution is 2.27. The van der Waals surface area contributed by atoms with Gasteiger partial charge in [0.2, 0.25) is 0 Å². The lowest BCUT2D eigenvalue weighted by atomic mass is 9.96. The Balaban J connectivity index is 1.45. The van der Waals surface area contributed by atoms with Crippen LogP contribution in [0.15, 0.2) is 66.7 Å². The second-order valence-electron chi connectivity index (χ2n) is 11.0. The van der Waals surface area contributed by atoms with Gasteiger partial charge in [-0.15, -0.1) is 0 Å². The molecule has 9 heteroatoms. The quantitative estimate of drug-likeness (QED) is 0.169. The van der Waals surface area contributed by atoms with Crippen LogP contribution in [0.2, 0.25) is 5.02 Å². The van der Waals surface area contributed by atoms with Crippen molar-refractivity contribution >= 4 is 35.2 Å². The highest BCUT2D eigenvalue weighted by Gasteiger charge is 2.20. The lowest BCUT2D eigenvalue weighted by Gasteiger charge is -2.22. The summed E-state index contributed by atoms with van der Waals surface area (Å²) in [5, 5.41) is 6.28. The molecule has 232 valence electrons. The van der Waals surface area contributed by atoms with Crippen molar-refractivity contribution in [2.24, 2.45) is 5.92 Å². The normalized spacial score (nSPS) is 11.8. The molecule has 2 N–H and O–H groups in total. The second kappa shape index (κ2) is 17.5. The molecule has 0 fully saturated rings. The van der Waals surface area contributed by atoms with E-state index in [1.54, 1.807) is 7.11 Å². The van der Waals surface area contributed by atoms with Crippen LogP contribution in [0, 0.1) is 5.92 Å². The van der Waals surface area contributed by atoms with Crippen LogP contribution in [-0.2, 0) is 31.8 Å². The predicted molar refractivity (Wildman–Crippen MR) is 171 cm³/mol. The Labute approximate surface area is 260 Å². The molecule has 0 spiro atoms. The summed E-state index contributed by atoms with van der Waals surface area (Å²) in [5.74, 6) is 0.481. The zero-order valence-corrected chi connectivity index (χ0v) is 26.4. The van der Waals surface area contributed by atoms with Gasteiger partial charge >= 0.3 is 12.2 Å². The van der Waals surface area contributed by atoms with Gasteiger partial charge in [0.05, 0.1) is 19.8 Å². The minimum Gasteiger partial charge on any atom is -0.447 e. The van der Waals surface area contributed by atoms with Crippen LogP contribution in [0.25, 0.3) is 0 Å². The topological polar surface area (TPSA) is 95.1 Å². The molecule has 0 aliphatic carbocycles. The van der Waals surface area contributed by atoms with Gasteiger partial charge in [-0.3, -0.25) is 10.6 Å². The van der Waals surface area contributed by atoms with Crippen LogP contribution in [0.3, 0.4) is 0 Å². The average molecular weight is 611 g/mol. The molecule has 3 aromatic rings. The molecule has 0 saturated heterocycles. The molecule has 0 radical (unpaired) electrons. The first-order valence-electron chi connectivity index (χ1n) is 14.6. The number of nitrogens with one attached hydrogen (secondary N) is 2. The minimum atomic E-state index is -0.533. The van der Waals surface area contributed by atoms with Gasteiger partial charge in [-0.1, -0.05) is 75.7 Å². The molecular formula is C34H43ClN2O6. The Morgan fingerprint density at radius 1 is 0.744 bits per heavy atom. The van der Waals surface area contributed by atoms with Gasteiger partial charge in [0.25, 0.3) is 0 Å². The van der Waals surface area contributed by atoms with E-state index in [0.717, 1.165) is 27.3 Å². The number of anilines is 2. The molecular weight excluding hydrogens is 568 g/mol. The van der Waals surface area contributed by atoms with Crippen molar-refractivity contribution in [2.45, 2.75) is 52.6 Å². The Hall–Kier alpha value is -3.59. The fourth-order valence-corrected chi connectivity index (χ4v) is 4.76. The van der Waals surface area contributed by atoms with Gasteiger partial charge in [0.15, 0.2) is 0 Å². The molecule has 2 amide bonds. The minimum absolute atomic E-state index is 0.134. The molecule has 8 nitrogen and oxygen atoms in total. The van der Waals surface area contributed by atoms with E-state index in [-0.39, 0.29) is 18.6 Å². The van der Waals surface area contributed by atoms with Crippen LogP contribution in [0.1, 0.15) is 55.9 Å². The first-order valence-corrected chi connectivity index (χ1v) is 15.0. The maximum atomic E-state index is 12.7. The number of methoxy groups -OCH3 is 1. The van der Waals surface area contributed by atoms with E-state index < -0.39 is 12.2 Å². The fourth-order valence-electron chi connectivity index (χ4n) is 4.34. The lowest BCUT2D eigenvalue weighted by molar-refractivity contribution is 0.0447. The van der Waals surface area contributed by atoms with Gasteiger partial charge in [-0.25, -0.2) is 9.59 Å². The summed E-state index contributed by atoms with van der Waals surface area (Å²) in [7, 11) is 1.60. The first kappa shape index (κ1) is 33.9. The van der Waals surface area contributed by atoms with Crippen molar-refractivity contribution in [2.75, 3.05) is 44.2 Å². The van der Waals surface area contributed by atoms with E-state index >= 15 is 0 Å². The van der Waals surface area contributed by atoms with Gasteiger partial charge in [0.1, 0.15) is 12.7 Å². The van der Waals surface area contributed by atoms with Crippen molar-refractivity contribution in [3.8, 4) is 0 Å². The molecule has 0 bridgehead atoms. The number of carbonyl (C=O) groups is 2. The Morgan fingerprint density at radius 2 is 1.30 bits per heavy atom. The largest absolute Gasteiger partial charge is 0.447 e. The fraction of sp³-hybridized carbons (Fsp3) is 0.412. The number of hydrogen-bond acceptors (Lipinski definition) is 6. The first-order chi connectivity index (χ1) is 20.6. The number of amides is 2. The van der Waals surface area contributed by atoms with Gasteiger partial charge < -0.3 is 18.9 Å². The molecule has 1 unspecified atom stereocenters. The molecule has 0 aliphatic rings. The Morgan fingerprint density at radius 3 is 1.84 bits per heavy atom. The SMILES string of the molecule is COCCOCCOC(=O)Nc1ccc(Cc2ccc(NC(=O)OC(Cc3ccc(C(C)C)c(Cl)c3)C(C)C)cc2)cc1. The predicted octanol–water partition coefficient (Wildman–Crippen LogP) is 8.08. The van der Waals surface area contributed by atoms with Crippen LogP contribution >= 0.6 is 11.6 Å². The molecule has 3 rings (SSSR count). The maximum absolute atomic E-state index is 12.7. The summed E-state index contributed by atoms with van der Waals surface area (Å²) in [6, 6.07) is 21.3. The number of hydrogen-bond donors (Lipinski definition) is 2. The van der Waals surface area contributed by atoms with E-state index in [9.17, 15) is 9.59 Å². The van der Waals surface area contributed by atoms with Crippen LogP contribution in [0.4, 0.5) is 21.0 Å². The van der Waals surface area contributed by atoms with Gasteiger partial charge in [-0.05, 0) is 70.8 Å². The number of halogens is 1. The summed E-state index contributed by atoms with van der Waals surface area (Å²) in [5.41, 5.74) is 5.59. The average Bonchev–Trinajstić information content (AvgIpc) is 2.96. The highest BCUT2D eigenvalue weighted by molar-refractivity contribution is 6.31. The van der Waals surface area contributed by atoms with Crippen molar-refractivity contribution in [1.82, 2.24) is 0 Å². The highest BCUT2D eigenvalue weighted by atomic mass is 35.5. The van der Waals surface area contributed by atoms with Crippen molar-refractivity contribution in [3.05, 3.63) is 94.0 Å². The molecule has 1 atom stereocenters. The van der Waals surface area contributed by atoms with Crippen LogP contribution in [-0.4, -0.2) is 51.8 Å². The standard InChI is InChI=1S/C34H43ClN2O6/c1-23(2)30-15-10-27(21-31(30)35)22-32(24(3)4)43-34(39)37-29-13-8-26(9-14-29)20-25-6-11-28(12-7-25)36-33(38)42-19-18-41-17-16-40-5/h6-15,21,23-24,32H,16-20,22H2,1-5H3,(H,36,38)(H,37,39). The zero-order valence-electron chi connectivity index (χ0n) is 25.7. The monoisotopic (exact) mass is 610 g/mol. The van der Waals surface area contributed by atoms with Crippen LogP contribution < -0.4 is 10.6 Å². The second-order valence-corrected chi connectivity index (χ2v) is 11.4. The summed E-state index contributed by atoms with van der Waals surface area (Å²) in [4.78, 5) is 24.7. The maximum Gasteiger partial charge on any atom is 0.411 e. The van der Waals surface area contributed by atoms with E-state index in [0.29, 0.717) is 50.0 Å². The molecule has 43 heavy (non-hydrogen) atoms. The Kier molecular flexibility index (Phi) is 13.8. The third-order valence-corrected chi connectivity index (χ3v) is 7.15. The molecule has 0 aliphatic heterocycles. The number of rotatable bonds is 15. The third kappa shape index (κ3) is 11.9. The van der Waals surface area contributed by atoms with E-state index in [1.807, 2.05) is 74.5 Å². The molecule has 0 saturated carbocycles.